The molecule has 0 saturated carbocycles. The quantitative estimate of drug-likeness (QED) is 0.128. The minimum atomic E-state index is -0.796. The van der Waals surface area contributed by atoms with Gasteiger partial charge in [-0.05, 0) is 93.5 Å². The largest absolute Gasteiger partial charge is 0.456 e. The maximum absolute atomic E-state index is 16.0. The summed E-state index contributed by atoms with van der Waals surface area (Å²) in [5, 5.41) is 5.82. The Morgan fingerprint density at radius 3 is 1.78 bits per heavy atom. The fourth-order valence-corrected chi connectivity index (χ4v) is 9.76. The zero-order valence-corrected chi connectivity index (χ0v) is 35.7. The monoisotopic (exact) mass is 882 g/mol. The van der Waals surface area contributed by atoms with Crippen LogP contribution in [-0.2, 0) is 28.5 Å². The zero-order chi connectivity index (χ0) is 44.5. The van der Waals surface area contributed by atoms with Crippen molar-refractivity contribution in [2.45, 2.75) is 75.5 Å². The summed E-state index contributed by atoms with van der Waals surface area (Å²) in [6.45, 7) is 2.97. The second-order valence-electron chi connectivity index (χ2n) is 16.8. The lowest BCUT2D eigenvalue weighted by Crippen LogP contribution is -2.53. The fourth-order valence-electron chi connectivity index (χ4n) is 9.76. The van der Waals surface area contributed by atoms with Crippen LogP contribution in [0.2, 0.25) is 0 Å². The summed E-state index contributed by atoms with van der Waals surface area (Å²) in [6.07, 6.45) is 7.06. The van der Waals surface area contributed by atoms with E-state index in [0.29, 0.717) is 119 Å². The highest BCUT2D eigenvalue weighted by molar-refractivity contribution is 5.93. The van der Waals surface area contributed by atoms with E-state index >= 15 is 4.39 Å². The first-order chi connectivity index (χ1) is 31.1. The molecule has 338 valence electrons. The minimum Gasteiger partial charge on any atom is -0.456 e. The lowest BCUT2D eigenvalue weighted by molar-refractivity contribution is -0.137. The van der Waals surface area contributed by atoms with Crippen molar-refractivity contribution in [3.8, 4) is 22.5 Å². The Balaban J connectivity index is 0.942. The van der Waals surface area contributed by atoms with Crippen LogP contribution in [-0.4, -0.2) is 120 Å². The average Bonchev–Trinajstić information content (AvgIpc) is 4.18. The Morgan fingerprint density at radius 2 is 1.23 bits per heavy atom. The molecule has 0 aliphatic carbocycles. The van der Waals surface area contributed by atoms with E-state index < -0.39 is 41.6 Å². The van der Waals surface area contributed by atoms with Crippen LogP contribution in [0.15, 0.2) is 51.9 Å². The third-order valence-electron chi connectivity index (χ3n) is 13.2. The van der Waals surface area contributed by atoms with Gasteiger partial charge in [0.25, 0.3) is 0 Å². The third kappa shape index (κ3) is 8.41. The predicted octanol–water partition coefficient (Wildman–Crippen LogP) is 5.49. The first-order valence-corrected chi connectivity index (χ1v) is 21.9. The molecule has 0 bridgehead atoms. The number of benzene rings is 2. The molecular formula is C45H51FN8O10. The molecule has 4 fully saturated rings. The number of fused-ring (bicyclic) bond motifs is 2. The number of hydrogen-bond acceptors (Lipinski definition) is 12. The highest BCUT2D eigenvalue weighted by atomic mass is 19.1. The van der Waals surface area contributed by atoms with Crippen LogP contribution in [0.25, 0.3) is 44.5 Å². The van der Waals surface area contributed by atoms with Crippen molar-refractivity contribution in [3.05, 3.63) is 70.4 Å². The number of rotatable bonds is 10. The first kappa shape index (κ1) is 42.9. The molecular weight excluding hydrogens is 832 g/mol. The Labute approximate surface area is 366 Å². The molecule has 4 amide bonds. The standard InChI is InChI=1S/C45H51FN8O10/c1-60-44(58)51-37(24-9-15-62-16-10-24)42(56)53-13-3-5-33(53)40-47-22-31(49-40)26-7-8-35-28(19-26)39(55)29-20-30(46)27(21-36(29)64-35)32-23-48-41(50-32)34-6-4-14-54(34)43(57)38(52-45(59)61-2)25-11-17-63-18-12-25/h7-8,19-25,33-34,37-38H,3-6,9-18H2,1-2H3,(H,47,49)(H,48,50)(H,51,58)(H,52,59)/t33-,34-,37-,38-/m0/s1. The normalized spacial score (nSPS) is 20.7. The molecule has 7 heterocycles. The smallest absolute Gasteiger partial charge is 0.407 e. The molecule has 0 radical (unpaired) electrons. The number of carbonyl (C=O) groups is 4. The predicted molar refractivity (Wildman–Crippen MR) is 228 cm³/mol. The summed E-state index contributed by atoms with van der Waals surface area (Å²) < 4.78 is 42.9. The number of carbonyl (C=O) groups excluding carboxylic acids is 4. The van der Waals surface area contributed by atoms with Gasteiger partial charge in [0, 0.05) is 50.6 Å². The first-order valence-electron chi connectivity index (χ1n) is 21.9. The van der Waals surface area contributed by atoms with Gasteiger partial charge < -0.3 is 53.8 Å². The van der Waals surface area contributed by atoms with Crippen LogP contribution in [0.5, 0.6) is 0 Å². The number of halogens is 1. The summed E-state index contributed by atoms with van der Waals surface area (Å²) in [7, 11) is 2.53. The number of methoxy groups -OCH3 is 2. The van der Waals surface area contributed by atoms with Crippen molar-refractivity contribution >= 4 is 45.9 Å². The van der Waals surface area contributed by atoms with E-state index in [2.05, 4.69) is 30.6 Å². The Morgan fingerprint density at radius 1 is 0.719 bits per heavy atom. The van der Waals surface area contributed by atoms with Crippen molar-refractivity contribution in [1.82, 2.24) is 40.4 Å². The molecule has 4 N–H and O–H groups in total. The summed E-state index contributed by atoms with van der Waals surface area (Å²) >= 11 is 0. The van der Waals surface area contributed by atoms with Crippen molar-refractivity contribution < 1.29 is 46.9 Å². The number of alkyl carbamates (subject to hydrolysis) is 2. The van der Waals surface area contributed by atoms with E-state index in [1.54, 1.807) is 34.2 Å². The molecule has 18 nitrogen and oxygen atoms in total. The molecule has 5 aromatic rings. The van der Waals surface area contributed by atoms with Gasteiger partial charge in [-0.1, -0.05) is 0 Å². The summed E-state index contributed by atoms with van der Waals surface area (Å²) in [6, 6.07) is 5.43. The summed E-state index contributed by atoms with van der Waals surface area (Å²) in [5.41, 5.74) is 1.80. The van der Waals surface area contributed by atoms with E-state index in [-0.39, 0.29) is 51.6 Å². The number of amides is 4. The molecule has 0 unspecified atom stereocenters. The molecule has 4 aliphatic rings. The number of hydrogen-bond donors (Lipinski definition) is 4. The molecule has 19 heteroatoms. The second kappa shape index (κ2) is 18.4. The van der Waals surface area contributed by atoms with Gasteiger partial charge in [0.2, 0.25) is 17.2 Å². The number of ether oxygens (including phenoxy) is 4. The molecule has 4 saturated heterocycles. The van der Waals surface area contributed by atoms with Gasteiger partial charge in [0.15, 0.2) is 0 Å². The van der Waals surface area contributed by atoms with E-state index in [1.807, 2.05) is 0 Å². The topological polar surface area (TPSA) is 223 Å². The average molecular weight is 883 g/mol. The number of likely N-dealkylation sites (tertiary alicyclic amines) is 2. The number of aromatic amines is 2. The van der Waals surface area contributed by atoms with Crippen LogP contribution in [0.3, 0.4) is 0 Å². The van der Waals surface area contributed by atoms with E-state index in [9.17, 15) is 24.0 Å². The van der Waals surface area contributed by atoms with Crippen molar-refractivity contribution in [1.29, 1.82) is 0 Å². The number of imidazole rings is 2. The van der Waals surface area contributed by atoms with E-state index in [1.165, 1.54) is 26.5 Å². The molecule has 64 heavy (non-hydrogen) atoms. The molecule has 4 aliphatic heterocycles. The second-order valence-corrected chi connectivity index (χ2v) is 16.8. The van der Waals surface area contributed by atoms with Gasteiger partial charge in [-0.25, -0.2) is 23.9 Å². The summed E-state index contributed by atoms with van der Waals surface area (Å²) in [5.74, 6) is -0.272. The maximum atomic E-state index is 16.0. The van der Waals surface area contributed by atoms with Gasteiger partial charge in [0.05, 0.1) is 60.9 Å². The maximum Gasteiger partial charge on any atom is 0.407 e. The van der Waals surface area contributed by atoms with Crippen LogP contribution in [0.4, 0.5) is 14.0 Å². The SMILES string of the molecule is COC(=O)N[C@H](C(=O)N1CCC[C@H]1c1ncc(-c2ccc3oc4cc(-c5cnc([C@@H]6CCCN6C(=O)[C@@H](NC(=O)OC)C6CCOCC6)[nH]5)c(F)cc4c(=O)c3c2)[nH]1)C1CCOCC1. The van der Waals surface area contributed by atoms with E-state index in [0.717, 1.165) is 12.5 Å². The van der Waals surface area contributed by atoms with Crippen LogP contribution >= 0.6 is 0 Å². The van der Waals surface area contributed by atoms with Crippen molar-refractivity contribution in [2.24, 2.45) is 11.8 Å². The lowest BCUT2D eigenvalue weighted by Gasteiger charge is -2.34. The van der Waals surface area contributed by atoms with Gasteiger partial charge in [-0.3, -0.25) is 14.4 Å². The van der Waals surface area contributed by atoms with Gasteiger partial charge >= 0.3 is 12.2 Å². The molecule has 3 aromatic heterocycles. The Hall–Kier alpha value is -6.34. The summed E-state index contributed by atoms with van der Waals surface area (Å²) in [4.78, 5) is 85.9. The zero-order valence-electron chi connectivity index (χ0n) is 35.7. The molecule has 2 aromatic carbocycles. The number of H-pyrrole nitrogens is 2. The van der Waals surface area contributed by atoms with Gasteiger partial charge in [0.1, 0.15) is 40.7 Å². The fraction of sp³-hybridized carbons (Fsp3) is 0.489. The van der Waals surface area contributed by atoms with Crippen LogP contribution in [0.1, 0.15) is 75.1 Å². The van der Waals surface area contributed by atoms with Crippen LogP contribution in [0, 0.1) is 17.7 Å². The number of aromatic nitrogens is 4. The third-order valence-corrected chi connectivity index (χ3v) is 13.2. The lowest BCUT2D eigenvalue weighted by atomic mass is 9.90. The van der Waals surface area contributed by atoms with E-state index in [4.69, 9.17) is 23.4 Å². The molecule has 4 atom stereocenters. The number of nitrogens with one attached hydrogen (secondary N) is 4. The van der Waals surface area contributed by atoms with Gasteiger partial charge in [-0.2, -0.15) is 0 Å². The Bertz CT molecular complexity index is 2620. The molecule has 9 rings (SSSR count). The van der Waals surface area contributed by atoms with Crippen molar-refractivity contribution in [3.63, 3.8) is 0 Å². The Kier molecular flexibility index (Phi) is 12.3. The minimum absolute atomic E-state index is 0.0560. The number of nitrogens with zero attached hydrogens (tertiary/aromatic N) is 4. The highest BCUT2D eigenvalue weighted by Crippen LogP contribution is 2.37. The van der Waals surface area contributed by atoms with Crippen molar-refractivity contribution in [2.75, 3.05) is 53.7 Å². The highest BCUT2D eigenvalue weighted by Gasteiger charge is 2.42. The van der Waals surface area contributed by atoms with Gasteiger partial charge in [-0.15, -0.1) is 0 Å². The van der Waals surface area contributed by atoms with Crippen LogP contribution < -0.4 is 16.1 Å². The molecule has 0 spiro atoms.